The third kappa shape index (κ3) is 7.43. The molecule has 0 aliphatic carbocycles. The first kappa shape index (κ1) is 24.9. The van der Waals surface area contributed by atoms with Crippen molar-refractivity contribution in [1.82, 2.24) is 26.1 Å². The number of fused-ring (bicyclic) bond motifs is 2. The van der Waals surface area contributed by atoms with Crippen molar-refractivity contribution in [1.29, 1.82) is 0 Å². The highest BCUT2D eigenvalue weighted by molar-refractivity contribution is 6.38. The van der Waals surface area contributed by atoms with Gasteiger partial charge in [-0.1, -0.05) is 44.2 Å². The van der Waals surface area contributed by atoms with Crippen molar-refractivity contribution in [2.45, 2.75) is 58.2 Å². The van der Waals surface area contributed by atoms with E-state index in [2.05, 4.69) is 26.1 Å². The van der Waals surface area contributed by atoms with E-state index in [0.29, 0.717) is 19.3 Å². The number of Topliss-reactive ketones (excluding diaryl/α,β-unsaturated/α-hetero) is 1. The number of ketones is 1. The molecule has 2 aromatic rings. The van der Waals surface area contributed by atoms with E-state index in [1.165, 1.54) is 0 Å². The molecule has 0 saturated carbocycles. The molecule has 182 valence electrons. The van der Waals surface area contributed by atoms with Crippen molar-refractivity contribution < 1.29 is 23.9 Å². The van der Waals surface area contributed by atoms with Crippen LogP contribution in [0, 0.1) is 5.92 Å². The molecule has 2 unspecified atom stereocenters. The molecule has 1 aromatic heterocycles. The summed E-state index contributed by atoms with van der Waals surface area (Å²) in [7, 11) is 0. The van der Waals surface area contributed by atoms with Crippen molar-refractivity contribution in [3.8, 4) is 0 Å². The molecule has 34 heavy (non-hydrogen) atoms. The molecule has 10 nitrogen and oxygen atoms in total. The van der Waals surface area contributed by atoms with Crippen LogP contribution in [-0.4, -0.2) is 52.5 Å². The number of carbonyl (C=O) groups is 4. The molecule has 1 aliphatic heterocycles. The summed E-state index contributed by atoms with van der Waals surface area (Å²) in [5, 5.41) is 14.9. The lowest BCUT2D eigenvalue weighted by atomic mass is 10.0. The number of amides is 3. The first-order chi connectivity index (χ1) is 16.3. The average molecular weight is 470 g/mol. The minimum Gasteiger partial charge on any atom is -0.445 e. The third-order valence-electron chi connectivity index (χ3n) is 5.44. The number of nitrogens with zero attached hydrogens (tertiary/aromatic N) is 1. The Morgan fingerprint density at radius 2 is 1.94 bits per heavy atom. The first-order valence-corrected chi connectivity index (χ1v) is 11.4. The van der Waals surface area contributed by atoms with E-state index in [9.17, 15) is 19.2 Å². The molecule has 0 fully saturated rings. The highest BCUT2D eigenvalue weighted by Gasteiger charge is 2.31. The fourth-order valence-electron chi connectivity index (χ4n) is 3.67. The minimum absolute atomic E-state index is 0.0656. The Kier molecular flexibility index (Phi) is 8.78. The SMILES string of the molecule is CC(C)CC(NC(=O)OCc1ccccc1)C(=O)NC1CCc2cc(n[nH]2)CCNC(=O)C1=O. The highest BCUT2D eigenvalue weighted by atomic mass is 16.5. The number of hydrogen-bond acceptors (Lipinski definition) is 6. The maximum absolute atomic E-state index is 13.1. The molecule has 0 saturated heterocycles. The summed E-state index contributed by atoms with van der Waals surface area (Å²) in [6.07, 6.45) is 0.743. The van der Waals surface area contributed by atoms with E-state index < -0.39 is 35.8 Å². The second kappa shape index (κ2) is 12.0. The fourth-order valence-corrected chi connectivity index (χ4v) is 3.67. The van der Waals surface area contributed by atoms with Crippen molar-refractivity contribution in [3.63, 3.8) is 0 Å². The Bertz CT molecular complexity index is 1000. The van der Waals surface area contributed by atoms with E-state index in [1.807, 2.05) is 50.2 Å². The zero-order valence-electron chi connectivity index (χ0n) is 19.4. The maximum Gasteiger partial charge on any atom is 0.408 e. The van der Waals surface area contributed by atoms with Gasteiger partial charge in [-0.15, -0.1) is 0 Å². The fraction of sp³-hybridized carbons (Fsp3) is 0.458. The number of alkyl carbamates (subject to hydrolysis) is 1. The number of carbonyl (C=O) groups excluding carboxylic acids is 4. The summed E-state index contributed by atoms with van der Waals surface area (Å²) < 4.78 is 5.24. The van der Waals surface area contributed by atoms with Crippen LogP contribution in [0.3, 0.4) is 0 Å². The van der Waals surface area contributed by atoms with Gasteiger partial charge >= 0.3 is 6.09 Å². The van der Waals surface area contributed by atoms with Gasteiger partial charge in [0.05, 0.1) is 11.7 Å². The third-order valence-corrected chi connectivity index (χ3v) is 5.44. The van der Waals surface area contributed by atoms with Gasteiger partial charge in [0.1, 0.15) is 12.6 Å². The van der Waals surface area contributed by atoms with Crippen LogP contribution in [0.2, 0.25) is 0 Å². The molecule has 2 heterocycles. The summed E-state index contributed by atoms with van der Waals surface area (Å²) in [5.41, 5.74) is 2.43. The number of hydrogen-bond donors (Lipinski definition) is 4. The Hall–Kier alpha value is -3.69. The molecule has 4 N–H and O–H groups in total. The zero-order chi connectivity index (χ0) is 24.5. The van der Waals surface area contributed by atoms with Crippen LogP contribution in [0.25, 0.3) is 0 Å². The topological polar surface area (TPSA) is 142 Å². The Morgan fingerprint density at radius 3 is 2.68 bits per heavy atom. The smallest absolute Gasteiger partial charge is 0.408 e. The lowest BCUT2D eigenvalue weighted by molar-refractivity contribution is -0.140. The molecule has 0 radical (unpaired) electrons. The first-order valence-electron chi connectivity index (χ1n) is 11.4. The van der Waals surface area contributed by atoms with E-state index >= 15 is 0 Å². The summed E-state index contributed by atoms with van der Waals surface area (Å²) in [6.45, 7) is 4.16. The standard InChI is InChI=1S/C24H31N5O5/c1-15(2)12-20(27-24(33)34-14-16-6-4-3-5-7-16)22(31)26-19-9-8-17-13-18(29-28-17)10-11-25-23(32)21(19)30/h3-7,13,15,19-20H,8-12,14H2,1-2H3,(H,25,32)(H,26,31)(H,27,33)(H,28,29). The summed E-state index contributed by atoms with van der Waals surface area (Å²) in [4.78, 5) is 50.5. The molecule has 2 bridgehead atoms. The number of aryl methyl sites for hydroxylation is 1. The zero-order valence-corrected chi connectivity index (χ0v) is 19.4. The second-order valence-corrected chi connectivity index (χ2v) is 8.74. The van der Waals surface area contributed by atoms with Gasteiger partial charge in [-0.3, -0.25) is 19.5 Å². The summed E-state index contributed by atoms with van der Waals surface area (Å²) >= 11 is 0. The predicted molar refractivity (Wildman–Crippen MR) is 124 cm³/mol. The van der Waals surface area contributed by atoms with Crippen molar-refractivity contribution in [2.75, 3.05) is 6.54 Å². The van der Waals surface area contributed by atoms with Gasteiger partial charge in [0, 0.05) is 18.7 Å². The Labute approximate surface area is 198 Å². The molecule has 3 rings (SSSR count). The minimum atomic E-state index is -1.03. The Morgan fingerprint density at radius 1 is 1.18 bits per heavy atom. The normalized spacial score (nSPS) is 17.3. The number of rotatable bonds is 7. The Balaban J connectivity index is 1.65. The van der Waals surface area contributed by atoms with Gasteiger partial charge < -0.3 is 20.7 Å². The lowest BCUT2D eigenvalue weighted by Gasteiger charge is -2.23. The number of benzene rings is 1. The largest absolute Gasteiger partial charge is 0.445 e. The monoisotopic (exact) mass is 469 g/mol. The number of nitrogens with one attached hydrogen (secondary N) is 4. The van der Waals surface area contributed by atoms with Gasteiger partial charge in [0.2, 0.25) is 11.7 Å². The van der Waals surface area contributed by atoms with E-state index in [4.69, 9.17) is 4.74 Å². The average Bonchev–Trinajstić information content (AvgIpc) is 3.26. The highest BCUT2D eigenvalue weighted by Crippen LogP contribution is 2.11. The van der Waals surface area contributed by atoms with Gasteiger partial charge in [-0.25, -0.2) is 4.79 Å². The van der Waals surface area contributed by atoms with Crippen LogP contribution in [0.4, 0.5) is 4.79 Å². The lowest BCUT2D eigenvalue weighted by Crippen LogP contribution is -2.54. The van der Waals surface area contributed by atoms with Gasteiger partial charge in [0.25, 0.3) is 5.91 Å². The molecular formula is C24H31N5O5. The molecule has 10 heteroatoms. The van der Waals surface area contributed by atoms with E-state index in [-0.39, 0.29) is 25.5 Å². The molecule has 1 aromatic carbocycles. The van der Waals surface area contributed by atoms with Gasteiger partial charge in [-0.2, -0.15) is 5.10 Å². The van der Waals surface area contributed by atoms with Crippen LogP contribution in [0.1, 0.15) is 43.6 Å². The number of ether oxygens (including phenoxy) is 1. The van der Waals surface area contributed by atoms with Gasteiger partial charge in [-0.05, 0) is 36.8 Å². The van der Waals surface area contributed by atoms with E-state index in [0.717, 1.165) is 17.0 Å². The van der Waals surface area contributed by atoms with Gasteiger partial charge in [0.15, 0.2) is 0 Å². The van der Waals surface area contributed by atoms with Crippen molar-refractivity contribution in [3.05, 3.63) is 53.3 Å². The maximum atomic E-state index is 13.1. The molecule has 1 aliphatic rings. The molecule has 3 amide bonds. The quantitative estimate of drug-likeness (QED) is 0.452. The van der Waals surface area contributed by atoms with Crippen LogP contribution in [0.15, 0.2) is 36.4 Å². The van der Waals surface area contributed by atoms with Crippen molar-refractivity contribution in [2.24, 2.45) is 5.92 Å². The van der Waals surface area contributed by atoms with Crippen LogP contribution >= 0.6 is 0 Å². The predicted octanol–water partition coefficient (Wildman–Crippen LogP) is 1.41. The number of aromatic amines is 1. The van der Waals surface area contributed by atoms with Crippen LogP contribution < -0.4 is 16.0 Å². The molecular weight excluding hydrogens is 438 g/mol. The number of aromatic nitrogens is 2. The second-order valence-electron chi connectivity index (χ2n) is 8.74. The molecule has 2 atom stereocenters. The number of H-pyrrole nitrogens is 1. The van der Waals surface area contributed by atoms with Crippen LogP contribution in [0.5, 0.6) is 0 Å². The molecule has 0 spiro atoms. The summed E-state index contributed by atoms with van der Waals surface area (Å²) in [5.74, 6) is -1.93. The van der Waals surface area contributed by atoms with E-state index in [1.54, 1.807) is 0 Å². The van der Waals surface area contributed by atoms with Crippen LogP contribution in [-0.2, 0) is 38.6 Å². The van der Waals surface area contributed by atoms with Crippen molar-refractivity contribution >= 4 is 23.7 Å². The summed E-state index contributed by atoms with van der Waals surface area (Å²) in [6, 6.07) is 9.12.